The molecular weight excluding hydrogens is 304 g/mol. The fourth-order valence-electron chi connectivity index (χ4n) is 2.36. The molecular formula is C15H22N2O4S. The molecule has 2 rings (SSSR count). The summed E-state index contributed by atoms with van der Waals surface area (Å²) in [5.41, 5.74) is 1.06. The molecule has 7 heteroatoms. The monoisotopic (exact) mass is 326 g/mol. The van der Waals surface area contributed by atoms with Gasteiger partial charge in [0.2, 0.25) is 0 Å². The van der Waals surface area contributed by atoms with E-state index in [0.717, 1.165) is 0 Å². The van der Waals surface area contributed by atoms with E-state index in [9.17, 15) is 9.59 Å². The Morgan fingerprint density at radius 3 is 2.77 bits per heavy atom. The molecule has 2 heterocycles. The van der Waals surface area contributed by atoms with Crippen molar-refractivity contribution in [1.82, 2.24) is 9.88 Å². The summed E-state index contributed by atoms with van der Waals surface area (Å²) in [7, 11) is 0. The molecule has 0 radical (unpaired) electrons. The Bertz CT molecular complexity index is 524. The van der Waals surface area contributed by atoms with Crippen LogP contribution in [0, 0.1) is 0 Å². The lowest BCUT2D eigenvalue weighted by Crippen LogP contribution is -2.55. The molecule has 122 valence electrons. The van der Waals surface area contributed by atoms with Gasteiger partial charge in [0.15, 0.2) is 5.78 Å². The average molecular weight is 326 g/mol. The minimum Gasteiger partial charge on any atom is -0.444 e. The SMILES string of the molecule is CC1COCC(CC(=O)c2cncs2)N1C(=O)OC(C)(C)C. The van der Waals surface area contributed by atoms with Crippen molar-refractivity contribution in [2.24, 2.45) is 0 Å². The van der Waals surface area contributed by atoms with Gasteiger partial charge in [-0.25, -0.2) is 4.79 Å². The third-order valence-electron chi connectivity index (χ3n) is 3.27. The summed E-state index contributed by atoms with van der Waals surface area (Å²) in [6.45, 7) is 8.17. The standard InChI is InChI=1S/C15H22N2O4S/c1-10-7-20-8-11(5-12(18)13-6-16-9-22-13)17(10)14(19)21-15(2,3)4/h6,9-11H,5,7-8H2,1-4H3. The zero-order valence-electron chi connectivity index (χ0n) is 13.4. The lowest BCUT2D eigenvalue weighted by atomic mass is 10.1. The summed E-state index contributed by atoms with van der Waals surface area (Å²) in [6, 6.07) is -0.434. The van der Waals surface area contributed by atoms with Gasteiger partial charge in [-0.15, -0.1) is 11.3 Å². The Hall–Kier alpha value is -1.47. The molecule has 1 saturated heterocycles. The predicted octanol–water partition coefficient (Wildman–Crippen LogP) is 2.74. The molecule has 1 fully saturated rings. The Kier molecular flexibility index (Phi) is 5.18. The van der Waals surface area contributed by atoms with Crippen molar-refractivity contribution in [3.05, 3.63) is 16.6 Å². The number of hydrogen-bond donors (Lipinski definition) is 0. The molecule has 0 saturated carbocycles. The van der Waals surface area contributed by atoms with E-state index in [0.29, 0.717) is 18.1 Å². The highest BCUT2D eigenvalue weighted by Crippen LogP contribution is 2.22. The first-order valence-electron chi connectivity index (χ1n) is 7.28. The topological polar surface area (TPSA) is 68.7 Å². The molecule has 2 unspecified atom stereocenters. The number of ketones is 1. The predicted molar refractivity (Wildman–Crippen MR) is 83.2 cm³/mol. The third-order valence-corrected chi connectivity index (χ3v) is 4.08. The second-order valence-corrected chi connectivity index (χ2v) is 7.31. The molecule has 1 amide bonds. The van der Waals surface area contributed by atoms with Crippen LogP contribution in [0.15, 0.2) is 11.7 Å². The Labute approximate surface area is 134 Å². The minimum atomic E-state index is -0.568. The highest BCUT2D eigenvalue weighted by atomic mass is 32.1. The van der Waals surface area contributed by atoms with Crippen molar-refractivity contribution in [2.75, 3.05) is 13.2 Å². The largest absolute Gasteiger partial charge is 0.444 e. The second kappa shape index (κ2) is 6.75. The van der Waals surface area contributed by atoms with E-state index in [1.807, 2.05) is 27.7 Å². The summed E-state index contributed by atoms with van der Waals surface area (Å²) < 4.78 is 11.0. The van der Waals surface area contributed by atoms with Crippen molar-refractivity contribution < 1.29 is 19.1 Å². The number of carbonyl (C=O) groups is 2. The minimum absolute atomic E-state index is 0.0289. The summed E-state index contributed by atoms with van der Waals surface area (Å²) in [4.78, 5) is 30.8. The van der Waals surface area contributed by atoms with Crippen LogP contribution >= 0.6 is 11.3 Å². The van der Waals surface area contributed by atoms with Crippen LogP contribution in [0.4, 0.5) is 4.79 Å². The van der Waals surface area contributed by atoms with Gasteiger partial charge in [0, 0.05) is 12.6 Å². The average Bonchev–Trinajstić information content (AvgIpc) is 2.90. The van der Waals surface area contributed by atoms with E-state index in [1.54, 1.807) is 16.6 Å². The maximum Gasteiger partial charge on any atom is 0.410 e. The van der Waals surface area contributed by atoms with Crippen LogP contribution in [-0.2, 0) is 9.47 Å². The number of Topliss-reactive ketones (excluding diaryl/α,β-unsaturated/α-hetero) is 1. The summed E-state index contributed by atoms with van der Waals surface area (Å²) in [6.07, 6.45) is 1.37. The molecule has 0 bridgehead atoms. The second-order valence-electron chi connectivity index (χ2n) is 6.42. The maximum absolute atomic E-state index is 12.4. The van der Waals surface area contributed by atoms with E-state index in [-0.39, 0.29) is 24.3 Å². The van der Waals surface area contributed by atoms with Crippen LogP contribution in [0.5, 0.6) is 0 Å². The van der Waals surface area contributed by atoms with Gasteiger partial charge in [-0.1, -0.05) is 0 Å². The van der Waals surface area contributed by atoms with E-state index < -0.39 is 11.7 Å². The zero-order valence-corrected chi connectivity index (χ0v) is 14.2. The highest BCUT2D eigenvalue weighted by molar-refractivity contribution is 7.11. The third kappa shape index (κ3) is 4.27. The van der Waals surface area contributed by atoms with Gasteiger partial charge in [0.1, 0.15) is 5.60 Å². The van der Waals surface area contributed by atoms with Crippen molar-refractivity contribution in [3.63, 3.8) is 0 Å². The molecule has 2 atom stereocenters. The van der Waals surface area contributed by atoms with Crippen molar-refractivity contribution in [1.29, 1.82) is 0 Å². The summed E-state index contributed by atoms with van der Waals surface area (Å²) in [5, 5.41) is 0. The first-order valence-corrected chi connectivity index (χ1v) is 8.16. The van der Waals surface area contributed by atoms with Crippen LogP contribution in [0.1, 0.15) is 43.8 Å². The summed E-state index contributed by atoms with van der Waals surface area (Å²) >= 11 is 1.30. The summed E-state index contributed by atoms with van der Waals surface area (Å²) in [5.74, 6) is -0.0289. The number of hydrogen-bond acceptors (Lipinski definition) is 6. The van der Waals surface area contributed by atoms with Crippen molar-refractivity contribution in [2.45, 2.75) is 51.8 Å². The molecule has 22 heavy (non-hydrogen) atoms. The lowest BCUT2D eigenvalue weighted by molar-refractivity contribution is -0.0558. The first-order chi connectivity index (χ1) is 10.3. The van der Waals surface area contributed by atoms with E-state index in [4.69, 9.17) is 9.47 Å². The van der Waals surface area contributed by atoms with E-state index in [2.05, 4.69) is 4.98 Å². The number of aromatic nitrogens is 1. The normalized spacial score (nSPS) is 22.5. The lowest BCUT2D eigenvalue weighted by Gasteiger charge is -2.40. The van der Waals surface area contributed by atoms with Gasteiger partial charge >= 0.3 is 6.09 Å². The van der Waals surface area contributed by atoms with Crippen molar-refractivity contribution >= 4 is 23.2 Å². The smallest absolute Gasteiger partial charge is 0.410 e. The molecule has 1 aromatic rings. The molecule has 0 aromatic carbocycles. The number of thiazole rings is 1. The highest BCUT2D eigenvalue weighted by Gasteiger charge is 2.36. The molecule has 6 nitrogen and oxygen atoms in total. The van der Waals surface area contributed by atoms with Gasteiger partial charge in [-0.2, -0.15) is 0 Å². The fourth-order valence-corrected chi connectivity index (χ4v) is 2.94. The first kappa shape index (κ1) is 16.9. The molecule has 0 aliphatic carbocycles. The van der Waals surface area contributed by atoms with Crippen LogP contribution in [0.25, 0.3) is 0 Å². The quantitative estimate of drug-likeness (QED) is 0.799. The maximum atomic E-state index is 12.4. The Morgan fingerprint density at radius 2 is 2.18 bits per heavy atom. The number of ether oxygens (including phenoxy) is 2. The molecule has 1 aromatic heterocycles. The molecule has 0 N–H and O–H groups in total. The van der Waals surface area contributed by atoms with Crippen LogP contribution in [0.2, 0.25) is 0 Å². The van der Waals surface area contributed by atoms with Gasteiger partial charge in [0.05, 0.1) is 35.7 Å². The Balaban J connectivity index is 2.09. The Morgan fingerprint density at radius 1 is 1.45 bits per heavy atom. The van der Waals surface area contributed by atoms with E-state index in [1.165, 1.54) is 11.3 Å². The van der Waals surface area contributed by atoms with Gasteiger partial charge < -0.3 is 9.47 Å². The van der Waals surface area contributed by atoms with Crippen molar-refractivity contribution in [3.8, 4) is 0 Å². The van der Waals surface area contributed by atoms with E-state index >= 15 is 0 Å². The number of carbonyl (C=O) groups excluding carboxylic acids is 2. The molecule has 1 aliphatic rings. The zero-order chi connectivity index (χ0) is 16.3. The number of nitrogens with zero attached hydrogens (tertiary/aromatic N) is 2. The van der Waals surface area contributed by atoms with Gasteiger partial charge in [-0.3, -0.25) is 14.7 Å². The number of amides is 1. The van der Waals surface area contributed by atoms with Crippen LogP contribution < -0.4 is 0 Å². The van der Waals surface area contributed by atoms with Crippen LogP contribution in [0.3, 0.4) is 0 Å². The number of rotatable bonds is 3. The van der Waals surface area contributed by atoms with Crippen LogP contribution in [-0.4, -0.2) is 52.7 Å². The fraction of sp³-hybridized carbons (Fsp3) is 0.667. The van der Waals surface area contributed by atoms with Gasteiger partial charge in [0.25, 0.3) is 0 Å². The molecule has 1 aliphatic heterocycles. The number of morpholine rings is 1. The van der Waals surface area contributed by atoms with Gasteiger partial charge in [-0.05, 0) is 27.7 Å². The molecule has 0 spiro atoms.